The third-order valence-electron chi connectivity index (χ3n) is 5.83. The van der Waals surface area contributed by atoms with Crippen molar-refractivity contribution in [1.82, 2.24) is 10.2 Å². The van der Waals surface area contributed by atoms with Gasteiger partial charge in [0.1, 0.15) is 12.6 Å². The molecule has 1 N–H and O–H groups in total. The van der Waals surface area contributed by atoms with Crippen molar-refractivity contribution in [3.63, 3.8) is 0 Å². The maximum atomic E-state index is 13.6. The molecule has 0 spiro atoms. The van der Waals surface area contributed by atoms with Crippen molar-refractivity contribution < 1.29 is 27.5 Å². The smallest absolute Gasteiger partial charge is 0.244 e. The monoisotopic (exact) mass is 557 g/mol. The lowest BCUT2D eigenvalue weighted by Gasteiger charge is -2.32. The lowest BCUT2D eigenvalue weighted by atomic mass is 10.1. The fraction of sp³-hybridized carbons (Fsp3) is 0.417. The van der Waals surface area contributed by atoms with E-state index >= 15 is 0 Å². The van der Waals surface area contributed by atoms with Crippen molar-refractivity contribution >= 4 is 50.7 Å². The Labute approximate surface area is 221 Å². The minimum Gasteiger partial charge on any atom is -0.454 e. The van der Waals surface area contributed by atoms with Crippen LogP contribution in [-0.4, -0.2) is 56.8 Å². The number of nitrogens with zero attached hydrogens (tertiary/aromatic N) is 2. The number of carbonyl (C=O) groups excluding carboxylic acids is 2. The first kappa shape index (κ1) is 27.9. The molecule has 2 aromatic rings. The molecule has 2 atom stereocenters. The highest BCUT2D eigenvalue weighted by atomic mass is 35.5. The van der Waals surface area contributed by atoms with E-state index in [1.54, 1.807) is 31.2 Å². The van der Waals surface area contributed by atoms with Crippen LogP contribution >= 0.6 is 23.2 Å². The Bertz CT molecular complexity index is 1240. The molecule has 0 fully saturated rings. The number of rotatable bonds is 10. The van der Waals surface area contributed by atoms with Gasteiger partial charge in [-0.25, -0.2) is 8.42 Å². The second-order valence-electron chi connectivity index (χ2n) is 8.57. The Balaban J connectivity index is 1.92. The van der Waals surface area contributed by atoms with Crippen LogP contribution in [0, 0.1) is 0 Å². The van der Waals surface area contributed by atoms with Gasteiger partial charge in [0, 0.05) is 18.7 Å². The molecule has 0 aliphatic carbocycles. The van der Waals surface area contributed by atoms with Gasteiger partial charge in [-0.05, 0) is 50.1 Å². The average Bonchev–Trinajstić information content (AvgIpc) is 3.29. The summed E-state index contributed by atoms with van der Waals surface area (Å²) in [7, 11) is -3.87. The molecule has 0 radical (unpaired) electrons. The first-order chi connectivity index (χ1) is 16.9. The number of fused-ring (bicyclic) bond motifs is 1. The summed E-state index contributed by atoms with van der Waals surface area (Å²) in [5, 5.41) is 3.53. The molecule has 1 aliphatic heterocycles. The van der Waals surface area contributed by atoms with Gasteiger partial charge in [0.2, 0.25) is 28.6 Å². The van der Waals surface area contributed by atoms with E-state index < -0.39 is 28.5 Å². The Hall–Kier alpha value is -2.69. The van der Waals surface area contributed by atoms with Crippen molar-refractivity contribution in [2.45, 2.75) is 45.8 Å². The van der Waals surface area contributed by atoms with Crippen molar-refractivity contribution in [2.75, 3.05) is 23.9 Å². The van der Waals surface area contributed by atoms with E-state index in [2.05, 4.69) is 5.32 Å². The molecule has 1 heterocycles. The predicted molar refractivity (Wildman–Crippen MR) is 139 cm³/mol. The summed E-state index contributed by atoms with van der Waals surface area (Å²) in [5.41, 5.74) is 0.872. The summed E-state index contributed by atoms with van der Waals surface area (Å²) in [6.07, 6.45) is 1.72. The van der Waals surface area contributed by atoms with Crippen LogP contribution in [0.15, 0.2) is 36.4 Å². The fourth-order valence-electron chi connectivity index (χ4n) is 3.54. The van der Waals surface area contributed by atoms with E-state index in [0.717, 1.165) is 10.6 Å². The molecule has 2 amide bonds. The number of amides is 2. The second kappa shape index (κ2) is 11.6. The zero-order valence-electron chi connectivity index (χ0n) is 20.5. The van der Waals surface area contributed by atoms with Crippen LogP contribution in [0.2, 0.25) is 10.0 Å². The fourth-order valence-corrected chi connectivity index (χ4v) is 4.70. The van der Waals surface area contributed by atoms with Crippen molar-refractivity contribution in [1.29, 1.82) is 0 Å². The zero-order chi connectivity index (χ0) is 26.6. The van der Waals surface area contributed by atoms with Gasteiger partial charge >= 0.3 is 0 Å². The van der Waals surface area contributed by atoms with E-state index in [1.807, 2.05) is 13.8 Å². The minimum atomic E-state index is -3.87. The van der Waals surface area contributed by atoms with Crippen LogP contribution in [0.25, 0.3) is 0 Å². The van der Waals surface area contributed by atoms with Gasteiger partial charge in [-0.3, -0.25) is 13.9 Å². The molecule has 196 valence electrons. The lowest BCUT2D eigenvalue weighted by Crippen LogP contribution is -2.52. The molecular weight excluding hydrogens is 529 g/mol. The van der Waals surface area contributed by atoms with E-state index in [0.29, 0.717) is 33.5 Å². The van der Waals surface area contributed by atoms with Gasteiger partial charge in [-0.1, -0.05) is 36.2 Å². The number of nitrogens with one attached hydrogen (secondary N) is 1. The Morgan fingerprint density at radius 1 is 1.06 bits per heavy atom. The first-order valence-corrected chi connectivity index (χ1v) is 13.9. The average molecular weight is 558 g/mol. The Morgan fingerprint density at radius 2 is 1.75 bits per heavy atom. The van der Waals surface area contributed by atoms with Gasteiger partial charge in [0.15, 0.2) is 11.5 Å². The zero-order valence-corrected chi connectivity index (χ0v) is 22.8. The van der Waals surface area contributed by atoms with Crippen molar-refractivity contribution in [3.05, 3.63) is 52.0 Å². The van der Waals surface area contributed by atoms with Crippen LogP contribution in [0.4, 0.5) is 5.69 Å². The SMILES string of the molecule is CC[C@H](C)NC(=O)[C@@H](C)N(Cc1ccc(Cl)c(Cl)c1)C(=O)CN(c1ccc2c(c1)OCO2)S(C)(=O)=O. The van der Waals surface area contributed by atoms with E-state index in [4.69, 9.17) is 32.7 Å². The molecule has 2 aromatic carbocycles. The molecule has 0 saturated carbocycles. The number of benzene rings is 2. The Morgan fingerprint density at radius 3 is 2.39 bits per heavy atom. The maximum absolute atomic E-state index is 13.6. The summed E-state index contributed by atoms with van der Waals surface area (Å²) in [4.78, 5) is 27.8. The van der Waals surface area contributed by atoms with Gasteiger partial charge in [-0.2, -0.15) is 0 Å². The first-order valence-electron chi connectivity index (χ1n) is 11.3. The number of carbonyl (C=O) groups is 2. The highest BCUT2D eigenvalue weighted by Crippen LogP contribution is 2.36. The highest BCUT2D eigenvalue weighted by molar-refractivity contribution is 7.92. The number of ether oxygens (including phenoxy) is 2. The van der Waals surface area contributed by atoms with Crippen molar-refractivity contribution in [3.8, 4) is 11.5 Å². The summed E-state index contributed by atoms with van der Waals surface area (Å²) < 4.78 is 37.0. The van der Waals surface area contributed by atoms with Crippen LogP contribution in [-0.2, 0) is 26.2 Å². The number of hydrogen-bond acceptors (Lipinski definition) is 6. The summed E-state index contributed by atoms with van der Waals surface area (Å²) in [5.74, 6) is -0.0691. The number of anilines is 1. The number of hydrogen-bond donors (Lipinski definition) is 1. The molecule has 12 heteroatoms. The van der Waals surface area contributed by atoms with Crippen LogP contribution in [0.3, 0.4) is 0 Å². The second-order valence-corrected chi connectivity index (χ2v) is 11.3. The lowest BCUT2D eigenvalue weighted by molar-refractivity contribution is -0.139. The molecule has 1 aliphatic rings. The van der Waals surface area contributed by atoms with E-state index in [1.165, 1.54) is 17.0 Å². The molecule has 0 aromatic heterocycles. The van der Waals surface area contributed by atoms with Crippen LogP contribution in [0.5, 0.6) is 11.5 Å². The van der Waals surface area contributed by atoms with Crippen molar-refractivity contribution in [2.24, 2.45) is 0 Å². The number of sulfonamides is 1. The maximum Gasteiger partial charge on any atom is 0.244 e. The molecule has 36 heavy (non-hydrogen) atoms. The Kier molecular flexibility index (Phi) is 8.97. The third kappa shape index (κ3) is 6.74. The topological polar surface area (TPSA) is 105 Å². The van der Waals surface area contributed by atoms with Crippen LogP contribution in [0.1, 0.15) is 32.8 Å². The van der Waals surface area contributed by atoms with Gasteiger partial charge in [0.25, 0.3) is 0 Å². The molecule has 0 unspecified atom stereocenters. The van der Waals surface area contributed by atoms with E-state index in [-0.39, 0.29) is 31.0 Å². The largest absolute Gasteiger partial charge is 0.454 e. The van der Waals surface area contributed by atoms with Gasteiger partial charge in [-0.15, -0.1) is 0 Å². The highest BCUT2D eigenvalue weighted by Gasteiger charge is 2.31. The molecule has 3 rings (SSSR count). The molecule has 0 saturated heterocycles. The quantitative estimate of drug-likeness (QED) is 0.476. The normalized spacial score (nSPS) is 14.2. The third-order valence-corrected chi connectivity index (χ3v) is 7.71. The standard InChI is InChI=1S/C24H29Cl2N3O6S/c1-5-15(2)27-24(31)16(3)28(12-17-6-8-19(25)20(26)10-17)23(30)13-29(36(4,32)33)18-7-9-21-22(11-18)35-14-34-21/h6-11,15-16H,5,12-14H2,1-4H3,(H,27,31)/t15-,16+/m0/s1. The molecule has 0 bridgehead atoms. The molecular formula is C24H29Cl2N3O6S. The van der Waals surface area contributed by atoms with Gasteiger partial charge in [0.05, 0.1) is 22.0 Å². The van der Waals surface area contributed by atoms with E-state index in [9.17, 15) is 18.0 Å². The summed E-state index contributed by atoms with van der Waals surface area (Å²) >= 11 is 12.2. The summed E-state index contributed by atoms with van der Waals surface area (Å²) in [6, 6.07) is 8.53. The van der Waals surface area contributed by atoms with Crippen LogP contribution < -0.4 is 19.1 Å². The van der Waals surface area contributed by atoms with Gasteiger partial charge < -0.3 is 19.7 Å². The molecule has 9 nitrogen and oxygen atoms in total. The predicted octanol–water partition coefficient (Wildman–Crippen LogP) is 3.82. The minimum absolute atomic E-state index is 0.0174. The summed E-state index contributed by atoms with van der Waals surface area (Å²) in [6.45, 7) is 4.91. The number of halogens is 2.